The maximum absolute atomic E-state index is 13.7. The molecule has 0 aromatic heterocycles. The first-order chi connectivity index (χ1) is 16.5. The van der Waals surface area contributed by atoms with Crippen LogP contribution in [0.2, 0.25) is 5.02 Å². The van der Waals surface area contributed by atoms with Crippen molar-refractivity contribution in [2.24, 2.45) is 5.92 Å². The molecule has 0 radical (unpaired) electrons. The van der Waals surface area contributed by atoms with Gasteiger partial charge < -0.3 is 24.0 Å². The van der Waals surface area contributed by atoms with Crippen LogP contribution in [-0.2, 0) is 4.79 Å². The van der Waals surface area contributed by atoms with Crippen LogP contribution in [-0.4, -0.2) is 69.1 Å². The average molecular weight is 487 g/mol. The first-order valence-electron chi connectivity index (χ1n) is 11.6. The number of hydrogen-bond donors (Lipinski definition) is 0. The van der Waals surface area contributed by atoms with Gasteiger partial charge in [-0.2, -0.15) is 0 Å². The third-order valence-corrected chi connectivity index (χ3v) is 7.14. The second kappa shape index (κ2) is 10.6. The number of hydrogen-bond acceptors (Lipinski definition) is 5. The van der Waals surface area contributed by atoms with Crippen molar-refractivity contribution >= 4 is 23.4 Å². The fourth-order valence-corrected chi connectivity index (χ4v) is 5.24. The molecular formula is C26H31ClN2O5. The normalized spacial score (nSPS) is 20.2. The summed E-state index contributed by atoms with van der Waals surface area (Å²) >= 11 is 6.31. The second-order valence-corrected chi connectivity index (χ2v) is 9.15. The number of rotatable bonds is 6. The highest BCUT2D eigenvalue weighted by Crippen LogP contribution is 2.44. The highest BCUT2D eigenvalue weighted by Gasteiger charge is 2.43. The summed E-state index contributed by atoms with van der Waals surface area (Å²) in [5.74, 6) is 0.885. The van der Waals surface area contributed by atoms with E-state index >= 15 is 0 Å². The number of carbonyl (C=O) groups excluding carboxylic acids is 2. The number of nitrogens with zero attached hydrogens (tertiary/aromatic N) is 2. The van der Waals surface area contributed by atoms with E-state index in [1.807, 2.05) is 17.0 Å². The summed E-state index contributed by atoms with van der Waals surface area (Å²) in [7, 11) is 4.70. The van der Waals surface area contributed by atoms with Crippen molar-refractivity contribution in [3.8, 4) is 17.2 Å². The van der Waals surface area contributed by atoms with Gasteiger partial charge in [0.15, 0.2) is 11.5 Å². The molecular weight excluding hydrogens is 456 g/mol. The van der Waals surface area contributed by atoms with Gasteiger partial charge in [-0.15, -0.1) is 0 Å². The summed E-state index contributed by atoms with van der Waals surface area (Å²) in [6.45, 7) is 2.25. The Morgan fingerprint density at radius 2 is 1.53 bits per heavy atom. The SMILES string of the molecule is COc1cc([C@@H]2CN(C(=O)c3ccccc3Cl)C[C@@H]2C(=O)N2CCCCC2)cc(OC)c1OC. The van der Waals surface area contributed by atoms with E-state index in [9.17, 15) is 9.59 Å². The van der Waals surface area contributed by atoms with Crippen molar-refractivity contribution in [1.29, 1.82) is 0 Å². The lowest BCUT2D eigenvalue weighted by Gasteiger charge is -2.31. The van der Waals surface area contributed by atoms with Crippen molar-refractivity contribution in [2.75, 3.05) is 47.5 Å². The molecule has 2 aliphatic heterocycles. The molecule has 2 aliphatic rings. The quantitative estimate of drug-likeness (QED) is 0.611. The predicted molar refractivity (Wildman–Crippen MR) is 130 cm³/mol. The van der Waals surface area contributed by atoms with Gasteiger partial charge in [0, 0.05) is 32.1 Å². The van der Waals surface area contributed by atoms with Gasteiger partial charge in [0.2, 0.25) is 11.7 Å². The fourth-order valence-electron chi connectivity index (χ4n) is 5.03. The molecule has 2 aromatic carbocycles. The number of benzene rings is 2. The first-order valence-corrected chi connectivity index (χ1v) is 12.0. The molecule has 8 heteroatoms. The predicted octanol–water partition coefficient (Wildman–Crippen LogP) is 4.23. The van der Waals surface area contributed by atoms with Crippen LogP contribution in [0.1, 0.15) is 41.1 Å². The van der Waals surface area contributed by atoms with Crippen molar-refractivity contribution in [2.45, 2.75) is 25.2 Å². The molecule has 0 N–H and O–H groups in total. The number of amides is 2. The van der Waals surface area contributed by atoms with Gasteiger partial charge in [0.25, 0.3) is 5.91 Å². The Labute approximate surface area is 205 Å². The molecule has 2 amide bonds. The molecule has 2 heterocycles. The monoisotopic (exact) mass is 486 g/mol. The molecule has 4 rings (SSSR count). The first kappa shape index (κ1) is 24.2. The second-order valence-electron chi connectivity index (χ2n) is 8.75. The lowest BCUT2D eigenvalue weighted by molar-refractivity contribution is -0.136. The number of halogens is 1. The van der Waals surface area contributed by atoms with E-state index in [4.69, 9.17) is 25.8 Å². The zero-order valence-corrected chi connectivity index (χ0v) is 20.6. The summed E-state index contributed by atoms with van der Waals surface area (Å²) in [5.41, 5.74) is 1.32. The van der Waals surface area contributed by atoms with Crippen molar-refractivity contribution in [1.82, 2.24) is 9.80 Å². The highest BCUT2D eigenvalue weighted by atomic mass is 35.5. The Morgan fingerprint density at radius 3 is 2.12 bits per heavy atom. The lowest BCUT2D eigenvalue weighted by Crippen LogP contribution is -2.42. The van der Waals surface area contributed by atoms with Gasteiger partial charge in [0.1, 0.15) is 0 Å². The van der Waals surface area contributed by atoms with E-state index < -0.39 is 0 Å². The van der Waals surface area contributed by atoms with Gasteiger partial charge in [-0.1, -0.05) is 23.7 Å². The van der Waals surface area contributed by atoms with E-state index in [0.29, 0.717) is 40.9 Å². The molecule has 2 saturated heterocycles. The number of piperidine rings is 1. The zero-order valence-electron chi connectivity index (χ0n) is 19.9. The van der Waals surface area contributed by atoms with Gasteiger partial charge in [-0.25, -0.2) is 0 Å². The molecule has 34 heavy (non-hydrogen) atoms. The highest BCUT2D eigenvalue weighted by molar-refractivity contribution is 6.33. The maximum atomic E-state index is 13.7. The fraction of sp³-hybridized carbons (Fsp3) is 0.462. The molecule has 0 saturated carbocycles. The molecule has 0 bridgehead atoms. The maximum Gasteiger partial charge on any atom is 0.255 e. The molecule has 2 atom stereocenters. The van der Waals surface area contributed by atoms with Crippen LogP contribution in [0.4, 0.5) is 0 Å². The average Bonchev–Trinajstić information content (AvgIpc) is 3.33. The summed E-state index contributed by atoms with van der Waals surface area (Å²) in [6, 6.07) is 10.8. The molecule has 182 valence electrons. The van der Waals surface area contributed by atoms with Gasteiger partial charge in [-0.05, 0) is 49.1 Å². The third-order valence-electron chi connectivity index (χ3n) is 6.81. The van der Waals surface area contributed by atoms with Crippen LogP contribution in [0.5, 0.6) is 17.2 Å². The van der Waals surface area contributed by atoms with Crippen LogP contribution in [0, 0.1) is 5.92 Å². The van der Waals surface area contributed by atoms with E-state index in [1.54, 1.807) is 50.5 Å². The summed E-state index contributed by atoms with van der Waals surface area (Å²) in [6.07, 6.45) is 3.16. The number of methoxy groups -OCH3 is 3. The Hall–Kier alpha value is -2.93. The molecule has 0 aliphatic carbocycles. The Kier molecular flexibility index (Phi) is 7.51. The topological polar surface area (TPSA) is 68.3 Å². The molecule has 2 aromatic rings. The van der Waals surface area contributed by atoms with Crippen LogP contribution < -0.4 is 14.2 Å². The number of ether oxygens (including phenoxy) is 3. The van der Waals surface area contributed by atoms with E-state index in [1.165, 1.54) is 0 Å². The van der Waals surface area contributed by atoms with E-state index in [0.717, 1.165) is 37.9 Å². The standard InChI is InChI=1S/C26H31ClN2O5/c1-32-22-13-17(14-23(33-2)24(22)34-3)19-15-29(25(30)18-9-5-6-10-21(18)27)16-20(19)26(31)28-11-7-4-8-12-28/h5-6,9-10,13-14,19-20H,4,7-8,11-12,15-16H2,1-3H3/t19-,20-/m0/s1. The zero-order chi connectivity index (χ0) is 24.2. The van der Waals surface area contributed by atoms with Crippen LogP contribution >= 0.6 is 11.6 Å². The van der Waals surface area contributed by atoms with Crippen LogP contribution in [0.15, 0.2) is 36.4 Å². The summed E-state index contributed by atoms with van der Waals surface area (Å²) in [5, 5.41) is 0.405. The molecule has 0 spiro atoms. The van der Waals surface area contributed by atoms with E-state index in [-0.39, 0.29) is 23.7 Å². The van der Waals surface area contributed by atoms with Crippen molar-refractivity contribution in [3.63, 3.8) is 0 Å². The lowest BCUT2D eigenvalue weighted by atomic mass is 9.87. The number of carbonyl (C=O) groups is 2. The van der Waals surface area contributed by atoms with Gasteiger partial charge >= 0.3 is 0 Å². The molecule has 7 nitrogen and oxygen atoms in total. The van der Waals surface area contributed by atoms with Crippen LogP contribution in [0.25, 0.3) is 0 Å². The molecule has 0 unspecified atom stereocenters. The smallest absolute Gasteiger partial charge is 0.255 e. The van der Waals surface area contributed by atoms with Crippen molar-refractivity contribution in [3.05, 3.63) is 52.5 Å². The van der Waals surface area contributed by atoms with Gasteiger partial charge in [-0.3, -0.25) is 9.59 Å². The minimum Gasteiger partial charge on any atom is -0.493 e. The largest absolute Gasteiger partial charge is 0.493 e. The summed E-state index contributed by atoms with van der Waals surface area (Å²) < 4.78 is 16.6. The molecule has 2 fully saturated rings. The minimum atomic E-state index is -0.368. The van der Waals surface area contributed by atoms with Crippen molar-refractivity contribution < 1.29 is 23.8 Å². The van der Waals surface area contributed by atoms with Gasteiger partial charge in [0.05, 0.1) is 37.8 Å². The summed E-state index contributed by atoms with van der Waals surface area (Å²) in [4.78, 5) is 30.7. The van der Waals surface area contributed by atoms with Crippen LogP contribution in [0.3, 0.4) is 0 Å². The third kappa shape index (κ3) is 4.67. The Morgan fingerprint density at radius 1 is 0.882 bits per heavy atom. The number of likely N-dealkylation sites (tertiary alicyclic amines) is 2. The minimum absolute atomic E-state index is 0.0907. The van der Waals surface area contributed by atoms with E-state index in [2.05, 4.69) is 0 Å². The Balaban J connectivity index is 1.71. The Bertz CT molecular complexity index is 1030.